The highest BCUT2D eigenvalue weighted by Gasteiger charge is 2.25. The summed E-state index contributed by atoms with van der Waals surface area (Å²) in [5, 5.41) is 19.0. The summed E-state index contributed by atoms with van der Waals surface area (Å²) in [5.74, 6) is -0.517. The van der Waals surface area contributed by atoms with E-state index in [9.17, 15) is 13.9 Å². The molecule has 1 aromatic heterocycles. The molecule has 0 saturated heterocycles. The van der Waals surface area contributed by atoms with Gasteiger partial charge in [0.25, 0.3) is 5.89 Å². The summed E-state index contributed by atoms with van der Waals surface area (Å²) in [4.78, 5) is 3.69. The smallest absolute Gasteiger partial charge is 0.315 e. The first kappa shape index (κ1) is 15.0. The van der Waals surface area contributed by atoms with Gasteiger partial charge in [0.05, 0.1) is 0 Å². The molecule has 1 aliphatic carbocycles. The summed E-state index contributed by atoms with van der Waals surface area (Å²) in [6, 6.07) is 5.59. The van der Waals surface area contributed by atoms with Crippen LogP contribution in [0.25, 0.3) is 11.4 Å². The molecule has 0 bridgehead atoms. The van der Waals surface area contributed by atoms with Crippen molar-refractivity contribution in [1.29, 1.82) is 0 Å². The second-order valence-corrected chi connectivity index (χ2v) is 5.12. The first-order valence-electron chi connectivity index (χ1n) is 6.95. The first-order valence-corrected chi connectivity index (χ1v) is 6.95. The topological polar surface area (TPSA) is 83.2 Å². The third-order valence-electron chi connectivity index (χ3n) is 3.74. The Balaban J connectivity index is 1.82. The van der Waals surface area contributed by atoms with Gasteiger partial charge in [-0.2, -0.15) is 13.8 Å². The lowest BCUT2D eigenvalue weighted by Gasteiger charge is -2.18. The lowest BCUT2D eigenvalue weighted by atomic mass is 10.0. The van der Waals surface area contributed by atoms with Gasteiger partial charge in [0.2, 0.25) is 5.82 Å². The van der Waals surface area contributed by atoms with E-state index < -0.39 is 18.7 Å². The summed E-state index contributed by atoms with van der Waals surface area (Å²) >= 11 is 0. The monoisotopic (exact) mass is 310 g/mol. The number of rotatable bonds is 5. The Hall–Kier alpha value is -1.90. The number of benzene rings is 1. The summed E-state index contributed by atoms with van der Waals surface area (Å²) in [6.45, 7) is 0. The fourth-order valence-electron chi connectivity index (χ4n) is 2.64. The highest BCUT2D eigenvalue weighted by Crippen LogP contribution is 2.34. The summed E-state index contributed by atoms with van der Waals surface area (Å²) < 4.78 is 29.5. The molecule has 22 heavy (non-hydrogen) atoms. The molecule has 0 saturated carbocycles. The lowest BCUT2D eigenvalue weighted by molar-refractivity contribution is 0.0961. The van der Waals surface area contributed by atoms with Crippen molar-refractivity contribution in [2.45, 2.75) is 31.7 Å². The Kier molecular flexibility index (Phi) is 4.14. The number of hydrogen-bond donors (Lipinski definition) is 3. The van der Waals surface area contributed by atoms with E-state index in [-0.39, 0.29) is 11.9 Å². The van der Waals surface area contributed by atoms with Gasteiger partial charge >= 0.3 is 6.43 Å². The van der Waals surface area contributed by atoms with Crippen molar-refractivity contribution in [3.8, 4) is 11.4 Å². The van der Waals surface area contributed by atoms with Gasteiger partial charge in [-0.05, 0) is 37.1 Å². The van der Waals surface area contributed by atoms with Crippen LogP contribution in [0.5, 0.6) is 0 Å². The number of aromatic nitrogens is 2. The minimum Gasteiger partial charge on any atom is -0.365 e. The molecule has 0 aliphatic heterocycles. The van der Waals surface area contributed by atoms with E-state index in [1.54, 1.807) is 13.1 Å². The molecule has 118 valence electrons. The number of nitrogens with one attached hydrogen (secondary N) is 2. The first-order chi connectivity index (χ1) is 10.6. The molecular formula is C14H16F2N4O2. The van der Waals surface area contributed by atoms with Crippen LogP contribution in [0.4, 0.5) is 8.78 Å². The van der Waals surface area contributed by atoms with Crippen LogP contribution in [-0.4, -0.2) is 28.6 Å². The number of fused-ring (bicyclic) bond motifs is 1. The van der Waals surface area contributed by atoms with Gasteiger partial charge in [-0.15, -0.1) is 0 Å². The van der Waals surface area contributed by atoms with Crippen LogP contribution in [0.2, 0.25) is 0 Å². The number of nitrogens with zero attached hydrogens (tertiary/aromatic N) is 2. The maximum absolute atomic E-state index is 12.5. The molecule has 6 nitrogen and oxygen atoms in total. The normalized spacial score (nSPS) is 18.7. The zero-order valence-corrected chi connectivity index (χ0v) is 11.9. The third-order valence-corrected chi connectivity index (χ3v) is 3.74. The van der Waals surface area contributed by atoms with Crippen LogP contribution in [0, 0.1) is 0 Å². The van der Waals surface area contributed by atoms with Gasteiger partial charge in [-0.3, -0.25) is 10.6 Å². The highest BCUT2D eigenvalue weighted by atomic mass is 19.3. The van der Waals surface area contributed by atoms with E-state index in [0.29, 0.717) is 5.56 Å². The van der Waals surface area contributed by atoms with Gasteiger partial charge in [-0.1, -0.05) is 17.3 Å². The molecule has 2 aromatic rings. The minimum atomic E-state index is -2.77. The number of aliphatic hydroxyl groups is 1. The van der Waals surface area contributed by atoms with Crippen LogP contribution in [0.3, 0.4) is 0 Å². The molecule has 0 spiro atoms. The summed E-state index contributed by atoms with van der Waals surface area (Å²) in [7, 11) is 1.66. The quantitative estimate of drug-likeness (QED) is 0.730. The zero-order valence-electron chi connectivity index (χ0n) is 11.9. The highest BCUT2D eigenvalue weighted by molar-refractivity contribution is 5.58. The van der Waals surface area contributed by atoms with E-state index in [4.69, 9.17) is 0 Å². The van der Waals surface area contributed by atoms with Crippen LogP contribution >= 0.6 is 0 Å². The van der Waals surface area contributed by atoms with E-state index in [0.717, 1.165) is 24.0 Å². The molecule has 8 heteroatoms. The van der Waals surface area contributed by atoms with E-state index in [2.05, 4.69) is 25.3 Å². The Morgan fingerprint density at radius 2 is 2.23 bits per heavy atom. The van der Waals surface area contributed by atoms with Crippen LogP contribution in [-0.2, 0) is 6.42 Å². The molecule has 1 aromatic carbocycles. The number of aryl methyl sites for hydroxylation is 1. The van der Waals surface area contributed by atoms with Crippen molar-refractivity contribution in [3.05, 3.63) is 35.2 Å². The van der Waals surface area contributed by atoms with Gasteiger partial charge in [-0.25, -0.2) is 0 Å². The average molecular weight is 310 g/mol. The van der Waals surface area contributed by atoms with E-state index >= 15 is 0 Å². The molecule has 1 aliphatic rings. The fraction of sp³-hybridized carbons (Fsp3) is 0.429. The molecule has 3 N–H and O–H groups in total. The largest absolute Gasteiger partial charge is 0.365 e. The number of alkyl halides is 2. The van der Waals surface area contributed by atoms with E-state index in [1.807, 2.05) is 12.1 Å². The molecule has 1 unspecified atom stereocenters. The Morgan fingerprint density at radius 1 is 1.41 bits per heavy atom. The fourth-order valence-corrected chi connectivity index (χ4v) is 2.64. The minimum absolute atomic E-state index is 0.0494. The standard InChI is InChI=1S/C14H16F2N4O2/c1-17-14(21)18-10-5-3-7-6-8(2-4-9(7)10)12-19-13(11(15)16)22-20-12/h2,4,6,10-11,14,17-18,21H,3,5H2,1H3/t10-,14?/m1/s1. The second kappa shape index (κ2) is 6.07. The van der Waals surface area contributed by atoms with Crippen molar-refractivity contribution < 1.29 is 18.4 Å². The predicted molar refractivity (Wildman–Crippen MR) is 74.0 cm³/mol. The Morgan fingerprint density at radius 3 is 2.91 bits per heavy atom. The predicted octanol–water partition coefficient (Wildman–Crippen LogP) is 1.75. The molecule has 0 amide bonds. The van der Waals surface area contributed by atoms with Crippen molar-refractivity contribution in [1.82, 2.24) is 20.8 Å². The van der Waals surface area contributed by atoms with Crippen LogP contribution < -0.4 is 10.6 Å². The summed E-state index contributed by atoms with van der Waals surface area (Å²) in [6.07, 6.45) is -1.86. The lowest BCUT2D eigenvalue weighted by Crippen LogP contribution is -2.41. The average Bonchev–Trinajstić information content (AvgIpc) is 3.14. The van der Waals surface area contributed by atoms with Gasteiger partial charge < -0.3 is 9.63 Å². The number of aliphatic hydroxyl groups excluding tert-OH is 1. The summed E-state index contributed by atoms with van der Waals surface area (Å²) in [5.41, 5.74) is 2.81. The second-order valence-electron chi connectivity index (χ2n) is 5.12. The number of halogens is 2. The Labute approximate surface area is 125 Å². The molecule has 2 atom stereocenters. The van der Waals surface area contributed by atoms with Gasteiger partial charge in [0.15, 0.2) is 6.35 Å². The van der Waals surface area contributed by atoms with Gasteiger partial charge in [0, 0.05) is 11.6 Å². The molecular weight excluding hydrogens is 294 g/mol. The van der Waals surface area contributed by atoms with E-state index in [1.165, 1.54) is 0 Å². The Bertz CT molecular complexity index is 662. The van der Waals surface area contributed by atoms with Crippen molar-refractivity contribution in [2.24, 2.45) is 0 Å². The molecule has 1 heterocycles. The maximum Gasteiger partial charge on any atom is 0.315 e. The maximum atomic E-state index is 12.5. The molecule has 3 rings (SSSR count). The van der Waals surface area contributed by atoms with Crippen LogP contribution in [0.15, 0.2) is 22.7 Å². The van der Waals surface area contributed by atoms with Crippen molar-refractivity contribution >= 4 is 0 Å². The van der Waals surface area contributed by atoms with Crippen molar-refractivity contribution in [3.63, 3.8) is 0 Å². The van der Waals surface area contributed by atoms with Crippen LogP contribution in [0.1, 0.15) is 35.9 Å². The SMILES string of the molecule is CNC(O)N[C@@H]1CCc2cc(-c3noc(C(F)F)n3)ccc21. The van der Waals surface area contributed by atoms with Crippen molar-refractivity contribution in [2.75, 3.05) is 7.05 Å². The van der Waals surface area contributed by atoms with Gasteiger partial charge in [0.1, 0.15) is 0 Å². The third kappa shape index (κ3) is 2.85. The number of hydrogen-bond acceptors (Lipinski definition) is 6. The molecule has 0 radical (unpaired) electrons. The molecule has 0 fully saturated rings. The zero-order chi connectivity index (χ0) is 15.7.